The first-order valence-electron chi connectivity index (χ1n) is 8.62. The highest BCUT2D eigenvalue weighted by molar-refractivity contribution is 5.84. The predicted molar refractivity (Wildman–Crippen MR) is 96.4 cm³/mol. The van der Waals surface area contributed by atoms with Gasteiger partial charge in [0.1, 0.15) is 11.6 Å². The SMILES string of the molecule is COC(=O)C(CC(C)C)NC(=O)CCCn1nnc2ccccc2c1=O. The summed E-state index contributed by atoms with van der Waals surface area (Å²) in [6.07, 6.45) is 1.09. The van der Waals surface area contributed by atoms with Crippen LogP contribution >= 0.6 is 0 Å². The number of amides is 1. The Morgan fingerprint density at radius 1 is 1.27 bits per heavy atom. The number of aryl methyl sites for hydroxylation is 1. The number of fused-ring (bicyclic) bond motifs is 1. The largest absolute Gasteiger partial charge is 0.467 e. The van der Waals surface area contributed by atoms with Crippen molar-refractivity contribution in [1.82, 2.24) is 20.3 Å². The monoisotopic (exact) mass is 360 g/mol. The topological polar surface area (TPSA) is 103 Å². The summed E-state index contributed by atoms with van der Waals surface area (Å²) in [6, 6.07) is 6.33. The van der Waals surface area contributed by atoms with Gasteiger partial charge < -0.3 is 10.1 Å². The molecule has 0 aliphatic rings. The van der Waals surface area contributed by atoms with E-state index < -0.39 is 12.0 Å². The third-order valence-electron chi connectivity index (χ3n) is 3.93. The van der Waals surface area contributed by atoms with Gasteiger partial charge in [0.15, 0.2) is 0 Å². The molecule has 1 aromatic carbocycles. The van der Waals surface area contributed by atoms with E-state index in [1.54, 1.807) is 24.3 Å². The number of rotatable bonds is 8. The fourth-order valence-electron chi connectivity index (χ4n) is 2.65. The van der Waals surface area contributed by atoms with Gasteiger partial charge in [-0.25, -0.2) is 9.48 Å². The lowest BCUT2D eigenvalue weighted by atomic mass is 10.0. The van der Waals surface area contributed by atoms with Crippen LogP contribution in [-0.2, 0) is 20.9 Å². The van der Waals surface area contributed by atoms with Gasteiger partial charge in [-0.05, 0) is 30.9 Å². The molecule has 1 unspecified atom stereocenters. The first-order chi connectivity index (χ1) is 12.4. The Morgan fingerprint density at radius 3 is 2.69 bits per heavy atom. The van der Waals surface area contributed by atoms with Crippen LogP contribution in [0.2, 0.25) is 0 Å². The minimum Gasteiger partial charge on any atom is -0.467 e. The molecule has 140 valence electrons. The predicted octanol–water partition coefficient (Wildman–Crippen LogP) is 1.28. The Bertz CT molecular complexity index is 831. The van der Waals surface area contributed by atoms with Crippen LogP contribution in [0.4, 0.5) is 0 Å². The maximum absolute atomic E-state index is 12.3. The third kappa shape index (κ3) is 5.11. The lowest BCUT2D eigenvalue weighted by Gasteiger charge is -2.18. The summed E-state index contributed by atoms with van der Waals surface area (Å²) in [4.78, 5) is 36.2. The molecule has 0 saturated carbocycles. The number of nitrogens with one attached hydrogen (secondary N) is 1. The van der Waals surface area contributed by atoms with Crippen molar-refractivity contribution < 1.29 is 14.3 Å². The van der Waals surface area contributed by atoms with Gasteiger partial charge in [-0.15, -0.1) is 5.10 Å². The van der Waals surface area contributed by atoms with Crippen molar-refractivity contribution in [3.8, 4) is 0 Å². The molecule has 0 fully saturated rings. The molecule has 1 N–H and O–H groups in total. The van der Waals surface area contributed by atoms with E-state index in [-0.39, 0.29) is 30.3 Å². The van der Waals surface area contributed by atoms with E-state index in [4.69, 9.17) is 4.74 Å². The van der Waals surface area contributed by atoms with E-state index in [1.807, 2.05) is 13.8 Å². The van der Waals surface area contributed by atoms with Gasteiger partial charge in [-0.2, -0.15) is 0 Å². The third-order valence-corrected chi connectivity index (χ3v) is 3.93. The van der Waals surface area contributed by atoms with Gasteiger partial charge in [-0.3, -0.25) is 9.59 Å². The summed E-state index contributed by atoms with van der Waals surface area (Å²) < 4.78 is 5.98. The zero-order valence-corrected chi connectivity index (χ0v) is 15.3. The zero-order chi connectivity index (χ0) is 19.1. The number of aromatic nitrogens is 3. The highest BCUT2D eigenvalue weighted by Gasteiger charge is 2.22. The molecule has 0 radical (unpaired) electrons. The number of carbonyl (C=O) groups is 2. The quantitative estimate of drug-likeness (QED) is 0.711. The minimum absolute atomic E-state index is 0.173. The van der Waals surface area contributed by atoms with Crippen LogP contribution in [0.5, 0.6) is 0 Å². The first-order valence-corrected chi connectivity index (χ1v) is 8.62. The van der Waals surface area contributed by atoms with Gasteiger partial charge in [0.2, 0.25) is 5.91 Å². The molecule has 8 heteroatoms. The molecule has 0 spiro atoms. The van der Waals surface area contributed by atoms with Crippen LogP contribution in [0.15, 0.2) is 29.1 Å². The van der Waals surface area contributed by atoms with Crippen molar-refractivity contribution in [3.05, 3.63) is 34.6 Å². The molecule has 1 amide bonds. The average molecular weight is 360 g/mol. The van der Waals surface area contributed by atoms with E-state index in [0.29, 0.717) is 23.7 Å². The van der Waals surface area contributed by atoms with Crippen molar-refractivity contribution in [1.29, 1.82) is 0 Å². The molecule has 1 aromatic heterocycles. The number of methoxy groups -OCH3 is 1. The van der Waals surface area contributed by atoms with Crippen molar-refractivity contribution in [2.45, 2.75) is 45.7 Å². The van der Waals surface area contributed by atoms with Gasteiger partial charge in [0.25, 0.3) is 5.56 Å². The van der Waals surface area contributed by atoms with E-state index in [9.17, 15) is 14.4 Å². The summed E-state index contributed by atoms with van der Waals surface area (Å²) in [7, 11) is 1.30. The standard InChI is InChI=1S/C18H24N4O4/c1-12(2)11-15(18(25)26-3)19-16(23)9-6-10-22-17(24)13-7-4-5-8-14(13)20-21-22/h4-5,7-8,12,15H,6,9-11H2,1-3H3,(H,19,23). The van der Waals surface area contributed by atoms with Crippen LogP contribution in [0.3, 0.4) is 0 Å². The highest BCUT2D eigenvalue weighted by Crippen LogP contribution is 2.07. The Hall–Kier alpha value is -2.77. The lowest BCUT2D eigenvalue weighted by molar-refractivity contribution is -0.145. The molecule has 2 rings (SSSR count). The van der Waals surface area contributed by atoms with Crippen LogP contribution < -0.4 is 10.9 Å². The molecule has 8 nitrogen and oxygen atoms in total. The van der Waals surface area contributed by atoms with Crippen LogP contribution in [0, 0.1) is 5.92 Å². The van der Waals surface area contributed by atoms with Crippen LogP contribution in [0.25, 0.3) is 10.9 Å². The zero-order valence-electron chi connectivity index (χ0n) is 15.3. The first kappa shape index (κ1) is 19.6. The molecular weight excluding hydrogens is 336 g/mol. The smallest absolute Gasteiger partial charge is 0.328 e. The summed E-state index contributed by atoms with van der Waals surface area (Å²) in [6.45, 7) is 4.21. The maximum atomic E-state index is 12.3. The van der Waals surface area contributed by atoms with Crippen molar-refractivity contribution in [2.75, 3.05) is 7.11 Å². The van der Waals surface area contributed by atoms with Gasteiger partial charge in [0, 0.05) is 13.0 Å². The van der Waals surface area contributed by atoms with Gasteiger partial charge in [0.05, 0.1) is 12.5 Å². The number of nitrogens with zero attached hydrogens (tertiary/aromatic N) is 3. The molecule has 26 heavy (non-hydrogen) atoms. The Balaban J connectivity index is 1.92. The number of carbonyl (C=O) groups excluding carboxylic acids is 2. The lowest BCUT2D eigenvalue weighted by Crippen LogP contribution is -2.42. The summed E-state index contributed by atoms with van der Waals surface area (Å²) in [5.74, 6) is -0.475. The molecule has 0 aliphatic heterocycles. The number of hydrogen-bond acceptors (Lipinski definition) is 6. The molecule has 2 aromatic rings. The van der Waals surface area contributed by atoms with E-state index in [2.05, 4.69) is 15.6 Å². The summed E-state index contributed by atoms with van der Waals surface area (Å²) >= 11 is 0. The van der Waals surface area contributed by atoms with Crippen molar-refractivity contribution >= 4 is 22.8 Å². The van der Waals surface area contributed by atoms with E-state index in [0.717, 1.165) is 0 Å². The molecule has 1 atom stereocenters. The van der Waals surface area contributed by atoms with E-state index >= 15 is 0 Å². The molecule has 0 bridgehead atoms. The minimum atomic E-state index is -0.657. The molecule has 1 heterocycles. The fourth-order valence-corrected chi connectivity index (χ4v) is 2.65. The maximum Gasteiger partial charge on any atom is 0.328 e. The van der Waals surface area contributed by atoms with Gasteiger partial charge >= 0.3 is 5.97 Å². The second kappa shape index (κ2) is 9.07. The van der Waals surface area contributed by atoms with Crippen molar-refractivity contribution in [2.24, 2.45) is 5.92 Å². The molecule has 0 aliphatic carbocycles. The Labute approximate surface area is 151 Å². The Kier molecular flexibility index (Phi) is 6.82. The molecule has 0 saturated heterocycles. The highest BCUT2D eigenvalue weighted by atomic mass is 16.5. The van der Waals surface area contributed by atoms with Gasteiger partial charge in [-0.1, -0.05) is 31.2 Å². The number of esters is 1. The van der Waals surface area contributed by atoms with E-state index in [1.165, 1.54) is 11.8 Å². The summed E-state index contributed by atoms with van der Waals surface area (Å²) in [5, 5.41) is 11.1. The summed E-state index contributed by atoms with van der Waals surface area (Å²) in [5.41, 5.74) is 0.310. The van der Waals surface area contributed by atoms with Crippen LogP contribution in [-0.4, -0.2) is 40.0 Å². The second-order valence-electron chi connectivity index (χ2n) is 6.51. The molecular formula is C18H24N4O4. The van der Waals surface area contributed by atoms with Crippen molar-refractivity contribution in [3.63, 3.8) is 0 Å². The number of hydrogen-bond donors (Lipinski definition) is 1. The van der Waals surface area contributed by atoms with Crippen LogP contribution in [0.1, 0.15) is 33.1 Å². The number of benzene rings is 1. The number of ether oxygens (including phenoxy) is 1. The fraction of sp³-hybridized carbons (Fsp3) is 0.500. The Morgan fingerprint density at radius 2 is 2.00 bits per heavy atom. The second-order valence-corrected chi connectivity index (χ2v) is 6.51. The average Bonchev–Trinajstić information content (AvgIpc) is 2.62. The normalized spacial score (nSPS) is 12.2.